The molecular weight excluding hydrogens is 507 g/mol. The third kappa shape index (κ3) is 8.04. The second kappa shape index (κ2) is 11.4. The van der Waals surface area contributed by atoms with Crippen LogP contribution in [0.3, 0.4) is 0 Å². The SMILES string of the molecule is CN=C(NCc1ccc(Cn2ccnc2)cc1)N1CCC(NC(=O)OC(C)(C)C)C1.I. The van der Waals surface area contributed by atoms with Crippen LogP contribution in [0.1, 0.15) is 38.3 Å². The minimum Gasteiger partial charge on any atom is -0.444 e. The first-order chi connectivity index (χ1) is 14.3. The van der Waals surface area contributed by atoms with Crippen LogP contribution in [0.15, 0.2) is 48.0 Å². The van der Waals surface area contributed by atoms with Crippen LogP contribution < -0.4 is 10.6 Å². The van der Waals surface area contributed by atoms with Crippen molar-refractivity contribution in [2.24, 2.45) is 4.99 Å². The van der Waals surface area contributed by atoms with Crippen molar-refractivity contribution < 1.29 is 9.53 Å². The number of carbonyl (C=O) groups excluding carboxylic acids is 1. The number of aromatic nitrogens is 2. The summed E-state index contributed by atoms with van der Waals surface area (Å²) >= 11 is 0. The van der Waals surface area contributed by atoms with Crippen LogP contribution in [0.4, 0.5) is 4.79 Å². The Labute approximate surface area is 201 Å². The lowest BCUT2D eigenvalue weighted by Crippen LogP contribution is -2.44. The summed E-state index contributed by atoms with van der Waals surface area (Å²) in [5, 5.41) is 6.37. The molecule has 0 bridgehead atoms. The van der Waals surface area contributed by atoms with Crippen molar-refractivity contribution >= 4 is 36.0 Å². The highest BCUT2D eigenvalue weighted by Crippen LogP contribution is 2.13. The molecule has 0 aliphatic carbocycles. The zero-order valence-corrected chi connectivity index (χ0v) is 21.0. The molecule has 2 heterocycles. The molecule has 1 saturated heterocycles. The summed E-state index contributed by atoms with van der Waals surface area (Å²) in [6.45, 7) is 8.65. The molecule has 1 atom stereocenters. The molecule has 2 aromatic rings. The number of alkyl carbamates (subject to hydrolysis) is 1. The molecule has 1 aromatic carbocycles. The van der Waals surface area contributed by atoms with Crippen molar-refractivity contribution in [1.82, 2.24) is 25.1 Å². The fraction of sp³-hybridized carbons (Fsp3) is 0.500. The van der Waals surface area contributed by atoms with Crippen molar-refractivity contribution in [3.8, 4) is 0 Å². The van der Waals surface area contributed by atoms with Gasteiger partial charge in [-0.05, 0) is 38.3 Å². The van der Waals surface area contributed by atoms with E-state index in [1.54, 1.807) is 13.2 Å². The number of aliphatic imine (C=N–C) groups is 1. The number of ether oxygens (including phenoxy) is 1. The van der Waals surface area contributed by atoms with Crippen molar-refractivity contribution in [3.63, 3.8) is 0 Å². The zero-order valence-electron chi connectivity index (χ0n) is 18.7. The predicted octanol–water partition coefficient (Wildman–Crippen LogP) is 3.22. The van der Waals surface area contributed by atoms with Crippen LogP contribution in [0.5, 0.6) is 0 Å². The first kappa shape index (κ1) is 25.0. The number of nitrogens with zero attached hydrogens (tertiary/aromatic N) is 4. The molecule has 0 spiro atoms. The molecule has 0 saturated carbocycles. The maximum absolute atomic E-state index is 12.0. The summed E-state index contributed by atoms with van der Waals surface area (Å²) in [7, 11) is 1.78. The smallest absolute Gasteiger partial charge is 0.407 e. The number of guanidine groups is 1. The summed E-state index contributed by atoms with van der Waals surface area (Å²) < 4.78 is 7.40. The monoisotopic (exact) mass is 540 g/mol. The minimum atomic E-state index is -0.492. The Bertz CT molecular complexity index is 846. The van der Waals surface area contributed by atoms with Gasteiger partial charge in [-0.25, -0.2) is 9.78 Å². The summed E-state index contributed by atoms with van der Waals surface area (Å²) in [4.78, 5) is 22.6. The number of benzene rings is 1. The molecule has 31 heavy (non-hydrogen) atoms. The lowest BCUT2D eigenvalue weighted by atomic mass is 10.1. The second-order valence-electron chi connectivity index (χ2n) is 8.53. The fourth-order valence-corrected chi connectivity index (χ4v) is 3.41. The largest absolute Gasteiger partial charge is 0.444 e. The number of halogens is 1. The van der Waals surface area contributed by atoms with Crippen LogP contribution in [0.25, 0.3) is 0 Å². The van der Waals surface area contributed by atoms with Gasteiger partial charge >= 0.3 is 6.09 Å². The molecule has 1 fully saturated rings. The number of likely N-dealkylation sites (tertiary alicyclic amines) is 1. The molecule has 2 N–H and O–H groups in total. The van der Waals surface area contributed by atoms with E-state index in [-0.39, 0.29) is 36.1 Å². The maximum Gasteiger partial charge on any atom is 0.407 e. The van der Waals surface area contributed by atoms with Crippen LogP contribution in [0, 0.1) is 0 Å². The standard InChI is InChI=1S/C22H32N6O2.HI/c1-22(2,3)30-21(29)26-19-9-11-28(15-19)20(23-4)25-13-17-5-7-18(8-6-17)14-27-12-10-24-16-27;/h5-8,10,12,16,19H,9,11,13-15H2,1-4H3,(H,23,25)(H,26,29);1H. The first-order valence-corrected chi connectivity index (χ1v) is 10.3. The third-order valence-electron chi connectivity index (χ3n) is 4.82. The highest BCUT2D eigenvalue weighted by atomic mass is 127. The fourth-order valence-electron chi connectivity index (χ4n) is 3.41. The summed E-state index contributed by atoms with van der Waals surface area (Å²) in [5.74, 6) is 0.839. The van der Waals surface area contributed by atoms with Gasteiger partial charge in [0.25, 0.3) is 0 Å². The normalized spacial score (nSPS) is 16.6. The van der Waals surface area contributed by atoms with E-state index in [1.807, 2.05) is 37.9 Å². The van der Waals surface area contributed by atoms with Gasteiger partial charge in [0.1, 0.15) is 5.60 Å². The topological polar surface area (TPSA) is 83.8 Å². The molecule has 1 amide bonds. The zero-order chi connectivity index (χ0) is 21.6. The van der Waals surface area contributed by atoms with Gasteiger partial charge in [0.15, 0.2) is 5.96 Å². The minimum absolute atomic E-state index is 0. The number of hydrogen-bond donors (Lipinski definition) is 2. The van der Waals surface area contributed by atoms with E-state index in [1.165, 1.54) is 11.1 Å². The number of amides is 1. The van der Waals surface area contributed by atoms with E-state index in [0.717, 1.165) is 25.5 Å². The van der Waals surface area contributed by atoms with Gasteiger partial charge in [-0.15, -0.1) is 24.0 Å². The summed E-state index contributed by atoms with van der Waals surface area (Å²) in [6.07, 6.45) is 6.06. The van der Waals surface area contributed by atoms with Gasteiger partial charge in [0.05, 0.1) is 12.4 Å². The van der Waals surface area contributed by atoms with Crippen molar-refractivity contribution in [2.45, 2.75) is 51.9 Å². The lowest BCUT2D eigenvalue weighted by molar-refractivity contribution is 0.0507. The number of imidazole rings is 1. The van der Waals surface area contributed by atoms with E-state index < -0.39 is 5.60 Å². The molecule has 1 aliphatic rings. The summed E-state index contributed by atoms with van der Waals surface area (Å²) in [6, 6.07) is 8.58. The predicted molar refractivity (Wildman–Crippen MR) is 133 cm³/mol. The number of nitrogens with one attached hydrogen (secondary N) is 2. The quantitative estimate of drug-likeness (QED) is 0.346. The Kier molecular flexibility index (Phi) is 9.15. The van der Waals surface area contributed by atoms with Gasteiger partial charge in [-0.3, -0.25) is 4.99 Å². The molecule has 170 valence electrons. The van der Waals surface area contributed by atoms with Crippen LogP contribution in [-0.2, 0) is 17.8 Å². The Morgan fingerprint density at radius 1 is 1.26 bits per heavy atom. The molecule has 1 unspecified atom stereocenters. The van der Waals surface area contributed by atoms with Crippen molar-refractivity contribution in [3.05, 3.63) is 54.1 Å². The van der Waals surface area contributed by atoms with Gasteiger partial charge in [-0.2, -0.15) is 0 Å². The van der Waals surface area contributed by atoms with E-state index in [2.05, 4.69) is 49.8 Å². The number of rotatable bonds is 5. The average molecular weight is 540 g/mol. The molecule has 3 rings (SSSR count). The third-order valence-corrected chi connectivity index (χ3v) is 4.82. The highest BCUT2D eigenvalue weighted by Gasteiger charge is 2.27. The molecule has 1 aliphatic heterocycles. The number of carbonyl (C=O) groups is 1. The maximum atomic E-state index is 12.0. The summed E-state index contributed by atoms with van der Waals surface area (Å²) in [5.41, 5.74) is 1.93. The van der Waals surface area contributed by atoms with Gasteiger partial charge in [0.2, 0.25) is 0 Å². The Balaban J connectivity index is 0.00000341. The van der Waals surface area contributed by atoms with E-state index >= 15 is 0 Å². The first-order valence-electron chi connectivity index (χ1n) is 10.3. The molecule has 9 heteroatoms. The van der Waals surface area contributed by atoms with Crippen LogP contribution in [0.2, 0.25) is 0 Å². The van der Waals surface area contributed by atoms with E-state index in [9.17, 15) is 4.79 Å². The second-order valence-corrected chi connectivity index (χ2v) is 8.53. The molecular formula is C22H33IN6O2. The average Bonchev–Trinajstić information content (AvgIpc) is 3.34. The highest BCUT2D eigenvalue weighted by molar-refractivity contribution is 14.0. The van der Waals surface area contributed by atoms with Gasteiger partial charge in [0, 0.05) is 45.6 Å². The van der Waals surface area contributed by atoms with Crippen molar-refractivity contribution in [2.75, 3.05) is 20.1 Å². The lowest BCUT2D eigenvalue weighted by Gasteiger charge is -2.23. The van der Waals surface area contributed by atoms with Gasteiger partial charge in [-0.1, -0.05) is 24.3 Å². The van der Waals surface area contributed by atoms with Crippen molar-refractivity contribution in [1.29, 1.82) is 0 Å². The Hall–Kier alpha value is -2.30. The van der Waals surface area contributed by atoms with Crippen LogP contribution in [-0.4, -0.2) is 58.3 Å². The van der Waals surface area contributed by atoms with E-state index in [4.69, 9.17) is 4.74 Å². The van der Waals surface area contributed by atoms with Gasteiger partial charge < -0.3 is 24.8 Å². The Morgan fingerprint density at radius 3 is 2.58 bits per heavy atom. The molecule has 1 aromatic heterocycles. The molecule has 8 nitrogen and oxygen atoms in total. The number of hydrogen-bond acceptors (Lipinski definition) is 4. The van der Waals surface area contributed by atoms with Crippen LogP contribution >= 0.6 is 24.0 Å². The van der Waals surface area contributed by atoms with E-state index in [0.29, 0.717) is 13.1 Å². The molecule has 0 radical (unpaired) electrons. The Morgan fingerprint density at radius 2 is 1.97 bits per heavy atom.